The highest BCUT2D eigenvalue weighted by Crippen LogP contribution is 2.53. The minimum absolute atomic E-state index is 0.0865. The first-order chi connectivity index (χ1) is 16.8. The average molecular weight is 497 g/mol. The predicted molar refractivity (Wildman–Crippen MR) is 125 cm³/mol. The Hall–Kier alpha value is -3.65. The molecule has 36 heavy (non-hydrogen) atoms. The number of aromatic nitrogens is 4. The first-order valence-corrected chi connectivity index (χ1v) is 11.6. The second-order valence-electron chi connectivity index (χ2n) is 10.8. The molecule has 1 aliphatic carbocycles. The monoisotopic (exact) mass is 496 g/mol. The largest absolute Gasteiger partial charge is 0.440 e. The summed E-state index contributed by atoms with van der Waals surface area (Å²) in [4.78, 5) is 26.8. The molecule has 3 heterocycles. The van der Waals surface area contributed by atoms with Gasteiger partial charge in [-0.15, -0.1) is 0 Å². The molecule has 2 fully saturated rings. The SMILES string of the molecule is CC(C)(O)c1cnc(N2C[C@@]3(CC(F)(F)C[C@](C)(Cn4cnc5ccc(C#N)cc54)C3)OC2=O)cn1. The van der Waals surface area contributed by atoms with Crippen LogP contribution in [0.4, 0.5) is 19.4 Å². The first kappa shape index (κ1) is 24.1. The lowest BCUT2D eigenvalue weighted by Gasteiger charge is -2.46. The predicted octanol–water partition coefficient (Wildman–Crippen LogP) is 4.15. The van der Waals surface area contributed by atoms with Crippen molar-refractivity contribution in [3.8, 4) is 6.07 Å². The summed E-state index contributed by atoms with van der Waals surface area (Å²) in [6, 6.07) is 7.17. The molecule has 1 aromatic carbocycles. The quantitative estimate of drug-likeness (QED) is 0.577. The fourth-order valence-corrected chi connectivity index (χ4v) is 5.60. The van der Waals surface area contributed by atoms with Crippen LogP contribution in [-0.4, -0.2) is 48.8 Å². The van der Waals surface area contributed by atoms with E-state index in [1.54, 1.807) is 49.9 Å². The Morgan fingerprint density at radius 3 is 2.64 bits per heavy atom. The highest BCUT2D eigenvalue weighted by atomic mass is 19.3. The molecule has 1 aliphatic heterocycles. The molecular formula is C25H26F2N6O3. The van der Waals surface area contributed by atoms with Gasteiger partial charge >= 0.3 is 6.09 Å². The van der Waals surface area contributed by atoms with Gasteiger partial charge in [-0.3, -0.25) is 9.88 Å². The molecule has 1 N–H and O–H groups in total. The van der Waals surface area contributed by atoms with E-state index in [4.69, 9.17) is 4.74 Å². The van der Waals surface area contributed by atoms with Crippen molar-refractivity contribution in [1.82, 2.24) is 19.5 Å². The Morgan fingerprint density at radius 1 is 1.19 bits per heavy atom. The van der Waals surface area contributed by atoms with E-state index in [0.717, 1.165) is 0 Å². The molecule has 2 aliphatic rings. The lowest BCUT2D eigenvalue weighted by molar-refractivity contribution is -0.154. The number of carbonyl (C=O) groups excluding carboxylic acids is 1. The second-order valence-corrected chi connectivity index (χ2v) is 10.8. The molecule has 1 spiro atoms. The number of nitrogens with zero attached hydrogens (tertiary/aromatic N) is 6. The van der Waals surface area contributed by atoms with Crippen LogP contribution in [0, 0.1) is 16.7 Å². The van der Waals surface area contributed by atoms with E-state index < -0.39 is 35.1 Å². The topological polar surface area (TPSA) is 117 Å². The molecular weight excluding hydrogens is 470 g/mol. The number of rotatable bonds is 4. The van der Waals surface area contributed by atoms with E-state index in [0.29, 0.717) is 22.3 Å². The number of imidazole rings is 1. The molecule has 1 amide bonds. The molecule has 0 radical (unpaired) electrons. The molecule has 1 saturated carbocycles. The minimum atomic E-state index is -3.06. The van der Waals surface area contributed by atoms with Gasteiger partial charge in [-0.05, 0) is 43.9 Å². The minimum Gasteiger partial charge on any atom is -0.440 e. The van der Waals surface area contributed by atoms with Crippen molar-refractivity contribution in [2.24, 2.45) is 5.41 Å². The van der Waals surface area contributed by atoms with E-state index in [2.05, 4.69) is 21.0 Å². The molecule has 2 atom stereocenters. The summed E-state index contributed by atoms with van der Waals surface area (Å²) in [7, 11) is 0. The lowest BCUT2D eigenvalue weighted by Crippen LogP contribution is -2.52. The number of carbonyl (C=O) groups is 1. The van der Waals surface area contributed by atoms with Gasteiger partial charge in [-0.2, -0.15) is 5.26 Å². The van der Waals surface area contributed by atoms with Crippen molar-refractivity contribution in [2.75, 3.05) is 11.4 Å². The fraction of sp³-hybridized carbons (Fsp3) is 0.480. The molecule has 9 nitrogen and oxygen atoms in total. The number of ether oxygens (including phenoxy) is 1. The molecule has 5 rings (SSSR count). The third kappa shape index (κ3) is 4.37. The number of alkyl halides is 2. The molecule has 0 unspecified atom stereocenters. The molecule has 11 heteroatoms. The zero-order valence-electron chi connectivity index (χ0n) is 20.2. The van der Waals surface area contributed by atoms with Gasteiger partial charge in [0.05, 0.1) is 60.0 Å². The maximum Gasteiger partial charge on any atom is 0.416 e. The summed E-state index contributed by atoms with van der Waals surface area (Å²) >= 11 is 0. The van der Waals surface area contributed by atoms with Crippen molar-refractivity contribution >= 4 is 22.9 Å². The van der Waals surface area contributed by atoms with E-state index in [1.165, 1.54) is 17.3 Å². The fourth-order valence-electron chi connectivity index (χ4n) is 5.60. The second kappa shape index (κ2) is 7.93. The molecule has 3 aromatic rings. The Kier molecular flexibility index (Phi) is 5.30. The summed E-state index contributed by atoms with van der Waals surface area (Å²) in [6.45, 7) is 5.01. The van der Waals surface area contributed by atoms with Crippen LogP contribution in [0.1, 0.15) is 51.3 Å². The van der Waals surface area contributed by atoms with Crippen LogP contribution in [-0.2, 0) is 16.9 Å². The van der Waals surface area contributed by atoms with Crippen LogP contribution in [0.15, 0.2) is 36.9 Å². The number of halogens is 2. The van der Waals surface area contributed by atoms with Gasteiger partial charge in [-0.25, -0.2) is 23.5 Å². The van der Waals surface area contributed by atoms with Gasteiger partial charge in [-0.1, -0.05) is 6.92 Å². The number of anilines is 1. The van der Waals surface area contributed by atoms with E-state index >= 15 is 8.78 Å². The molecule has 0 bridgehead atoms. The zero-order valence-corrected chi connectivity index (χ0v) is 20.2. The highest BCUT2D eigenvalue weighted by molar-refractivity contribution is 5.89. The smallest absolute Gasteiger partial charge is 0.416 e. The van der Waals surface area contributed by atoms with E-state index in [-0.39, 0.29) is 31.7 Å². The van der Waals surface area contributed by atoms with Crippen molar-refractivity contribution < 1.29 is 23.4 Å². The maximum absolute atomic E-state index is 15.2. The Balaban J connectivity index is 1.43. The Labute approximate surface area is 206 Å². The third-order valence-electron chi connectivity index (χ3n) is 6.83. The standard InChI is InChI=1S/C25H26F2N6O3/c1-22(2,35)19-8-30-20(9-29-19)33-14-24(36-21(33)34)10-23(3,11-25(26,27)12-24)13-32-15-31-17-5-4-16(7-28)6-18(17)32/h4-6,8-9,15,35H,10-14H2,1-3H3/t23-,24-/m1/s1. The average Bonchev–Trinajstić information content (AvgIpc) is 3.30. The van der Waals surface area contributed by atoms with Crippen LogP contribution in [0.2, 0.25) is 0 Å². The zero-order chi connectivity index (χ0) is 25.9. The first-order valence-electron chi connectivity index (χ1n) is 11.6. The van der Waals surface area contributed by atoms with Gasteiger partial charge in [0.25, 0.3) is 5.92 Å². The number of fused-ring (bicyclic) bond motifs is 1. The number of aliphatic hydroxyl groups is 1. The van der Waals surface area contributed by atoms with Crippen LogP contribution < -0.4 is 4.90 Å². The highest BCUT2D eigenvalue weighted by Gasteiger charge is 2.60. The van der Waals surface area contributed by atoms with Crippen molar-refractivity contribution in [2.45, 2.75) is 63.7 Å². The molecule has 188 valence electrons. The Morgan fingerprint density at radius 2 is 1.97 bits per heavy atom. The lowest BCUT2D eigenvalue weighted by atomic mass is 9.66. The van der Waals surface area contributed by atoms with Crippen LogP contribution in [0.3, 0.4) is 0 Å². The Bertz CT molecular complexity index is 1380. The summed E-state index contributed by atoms with van der Waals surface area (Å²) in [5.74, 6) is -2.89. The van der Waals surface area contributed by atoms with Crippen molar-refractivity contribution in [3.63, 3.8) is 0 Å². The maximum atomic E-state index is 15.2. The summed E-state index contributed by atoms with van der Waals surface area (Å²) in [5.41, 5.74) is -1.42. The number of hydrogen-bond acceptors (Lipinski definition) is 7. The summed E-state index contributed by atoms with van der Waals surface area (Å²) in [5, 5.41) is 19.3. The van der Waals surface area contributed by atoms with E-state index in [1.807, 2.05) is 0 Å². The van der Waals surface area contributed by atoms with Crippen LogP contribution in [0.5, 0.6) is 0 Å². The third-order valence-corrected chi connectivity index (χ3v) is 6.83. The summed E-state index contributed by atoms with van der Waals surface area (Å²) < 4.78 is 37.8. The van der Waals surface area contributed by atoms with Crippen molar-refractivity contribution in [3.05, 3.63) is 48.2 Å². The van der Waals surface area contributed by atoms with Gasteiger partial charge in [0.1, 0.15) is 11.2 Å². The van der Waals surface area contributed by atoms with Crippen LogP contribution in [0.25, 0.3) is 11.0 Å². The van der Waals surface area contributed by atoms with Gasteiger partial charge in [0.15, 0.2) is 5.82 Å². The normalized spacial score (nSPS) is 25.8. The number of nitriles is 1. The van der Waals surface area contributed by atoms with Gasteiger partial charge < -0.3 is 14.4 Å². The van der Waals surface area contributed by atoms with Crippen LogP contribution >= 0.6 is 0 Å². The number of benzene rings is 1. The molecule has 2 aromatic heterocycles. The van der Waals surface area contributed by atoms with Gasteiger partial charge in [0, 0.05) is 13.0 Å². The van der Waals surface area contributed by atoms with Crippen molar-refractivity contribution in [1.29, 1.82) is 5.26 Å². The summed E-state index contributed by atoms with van der Waals surface area (Å²) in [6.07, 6.45) is 2.76. The number of hydrogen-bond donors (Lipinski definition) is 1. The molecule has 1 saturated heterocycles. The van der Waals surface area contributed by atoms with E-state index in [9.17, 15) is 15.2 Å². The van der Waals surface area contributed by atoms with Gasteiger partial charge in [0.2, 0.25) is 0 Å². The number of amides is 1.